The molecule has 0 aliphatic carbocycles. The molecule has 0 saturated heterocycles. The number of halogens is 1. The number of hydrogen-bond acceptors (Lipinski definition) is 3. The summed E-state index contributed by atoms with van der Waals surface area (Å²) in [7, 11) is 0. The molecule has 1 aromatic carbocycles. The molecule has 0 N–H and O–H groups in total. The highest BCUT2D eigenvalue weighted by atomic mass is 35.5. The molecule has 0 aliphatic rings. The molecule has 0 amide bonds. The maximum Gasteiger partial charge on any atom is 0.313 e. The molecule has 0 spiro atoms. The van der Waals surface area contributed by atoms with E-state index in [0.29, 0.717) is 6.61 Å². The first-order valence-electron chi connectivity index (χ1n) is 7.16. The summed E-state index contributed by atoms with van der Waals surface area (Å²) < 4.78 is 5.40. The number of hydrogen-bond donors (Lipinski definition) is 0. The first-order chi connectivity index (χ1) is 9.22. The van der Waals surface area contributed by atoms with Crippen molar-refractivity contribution in [1.82, 2.24) is 4.90 Å². The van der Waals surface area contributed by atoms with Crippen LogP contribution in [0.2, 0.25) is 0 Å². The molecule has 114 valence electrons. The summed E-state index contributed by atoms with van der Waals surface area (Å²) in [5.41, 5.74) is 1.04. The Hall–Kier alpha value is -1.06. The predicted octanol–water partition coefficient (Wildman–Crippen LogP) is 3.49. The van der Waals surface area contributed by atoms with Gasteiger partial charge in [0.15, 0.2) is 0 Å². The van der Waals surface area contributed by atoms with Crippen LogP contribution in [0, 0.1) is 0 Å². The van der Waals surface area contributed by atoms with Crippen LogP contribution in [0.25, 0.3) is 0 Å². The Kier molecular flexibility index (Phi) is 10.1. The number of carbonyl (C=O) groups is 1. The van der Waals surface area contributed by atoms with Crippen molar-refractivity contribution in [3.05, 3.63) is 35.9 Å². The summed E-state index contributed by atoms with van der Waals surface area (Å²) in [5.74, 6) is -0.251. The standard InChI is InChI=1S/C16H25NO2.ClH/c1-4-15(14-10-8-7-9-11-14)16(18)19-13-12-17(5-2)6-3;/h7-11,15H,4-6,12-13H2,1-3H3;1H. The smallest absolute Gasteiger partial charge is 0.313 e. The van der Waals surface area contributed by atoms with E-state index in [-0.39, 0.29) is 24.3 Å². The molecular formula is C16H26ClNO2. The van der Waals surface area contributed by atoms with Crippen molar-refractivity contribution in [3.63, 3.8) is 0 Å². The molecule has 1 aromatic rings. The van der Waals surface area contributed by atoms with Gasteiger partial charge in [-0.1, -0.05) is 51.1 Å². The average Bonchev–Trinajstić information content (AvgIpc) is 2.45. The second kappa shape index (κ2) is 10.7. The van der Waals surface area contributed by atoms with Crippen molar-refractivity contribution in [2.24, 2.45) is 0 Å². The summed E-state index contributed by atoms with van der Waals surface area (Å²) in [6.45, 7) is 9.51. The van der Waals surface area contributed by atoms with Crippen LogP contribution in [-0.4, -0.2) is 37.1 Å². The van der Waals surface area contributed by atoms with Gasteiger partial charge in [0.25, 0.3) is 0 Å². The monoisotopic (exact) mass is 299 g/mol. The fourth-order valence-electron chi connectivity index (χ4n) is 2.14. The minimum absolute atomic E-state index is 0. The quantitative estimate of drug-likeness (QED) is 0.688. The Labute approximate surface area is 128 Å². The Morgan fingerprint density at radius 1 is 1.15 bits per heavy atom. The Bertz CT molecular complexity index is 366. The minimum Gasteiger partial charge on any atom is -0.464 e. The molecule has 20 heavy (non-hydrogen) atoms. The maximum atomic E-state index is 12.1. The minimum atomic E-state index is -0.141. The van der Waals surface area contributed by atoms with E-state index < -0.39 is 0 Å². The zero-order valence-electron chi connectivity index (χ0n) is 12.7. The van der Waals surface area contributed by atoms with Crippen LogP contribution in [-0.2, 0) is 9.53 Å². The molecule has 1 rings (SSSR count). The lowest BCUT2D eigenvalue weighted by Gasteiger charge is -2.19. The first-order valence-corrected chi connectivity index (χ1v) is 7.16. The highest BCUT2D eigenvalue weighted by Crippen LogP contribution is 2.20. The summed E-state index contributed by atoms with van der Waals surface area (Å²) in [5, 5.41) is 0. The van der Waals surface area contributed by atoms with Crippen LogP contribution in [0.1, 0.15) is 38.7 Å². The molecule has 0 radical (unpaired) electrons. The SMILES string of the molecule is CCC(C(=O)OCCN(CC)CC)c1ccccc1.Cl. The van der Waals surface area contributed by atoms with Gasteiger partial charge in [0, 0.05) is 6.54 Å². The lowest BCUT2D eigenvalue weighted by atomic mass is 9.97. The molecule has 0 bridgehead atoms. The summed E-state index contributed by atoms with van der Waals surface area (Å²) in [6.07, 6.45) is 0.772. The van der Waals surface area contributed by atoms with Gasteiger partial charge in [-0.25, -0.2) is 0 Å². The summed E-state index contributed by atoms with van der Waals surface area (Å²) in [6, 6.07) is 9.85. The molecular weight excluding hydrogens is 274 g/mol. The Morgan fingerprint density at radius 2 is 1.75 bits per heavy atom. The number of rotatable bonds is 8. The van der Waals surface area contributed by atoms with E-state index in [1.165, 1.54) is 0 Å². The third-order valence-electron chi connectivity index (χ3n) is 3.44. The number of carbonyl (C=O) groups excluding carboxylic acids is 1. The van der Waals surface area contributed by atoms with E-state index in [2.05, 4.69) is 18.7 Å². The van der Waals surface area contributed by atoms with Crippen LogP contribution in [0.3, 0.4) is 0 Å². The molecule has 3 nitrogen and oxygen atoms in total. The van der Waals surface area contributed by atoms with Gasteiger partial charge in [-0.2, -0.15) is 0 Å². The van der Waals surface area contributed by atoms with Gasteiger partial charge in [-0.3, -0.25) is 4.79 Å². The zero-order valence-corrected chi connectivity index (χ0v) is 13.5. The molecule has 0 heterocycles. The Balaban J connectivity index is 0.00000361. The zero-order chi connectivity index (χ0) is 14.1. The van der Waals surface area contributed by atoms with E-state index in [0.717, 1.165) is 31.6 Å². The summed E-state index contributed by atoms with van der Waals surface area (Å²) >= 11 is 0. The number of likely N-dealkylation sites (N-methyl/N-ethyl adjacent to an activating group) is 1. The van der Waals surface area contributed by atoms with Gasteiger partial charge in [-0.05, 0) is 25.1 Å². The van der Waals surface area contributed by atoms with Crippen molar-refractivity contribution in [2.45, 2.75) is 33.1 Å². The third kappa shape index (κ3) is 5.93. The summed E-state index contributed by atoms with van der Waals surface area (Å²) in [4.78, 5) is 14.3. The number of ether oxygens (including phenoxy) is 1. The average molecular weight is 300 g/mol. The fourth-order valence-corrected chi connectivity index (χ4v) is 2.14. The topological polar surface area (TPSA) is 29.5 Å². The second-order valence-electron chi connectivity index (χ2n) is 4.57. The van der Waals surface area contributed by atoms with Gasteiger partial charge in [0.1, 0.15) is 6.61 Å². The molecule has 0 aliphatic heterocycles. The van der Waals surface area contributed by atoms with Gasteiger partial charge in [0.05, 0.1) is 5.92 Å². The molecule has 4 heteroatoms. The van der Waals surface area contributed by atoms with Crippen molar-refractivity contribution < 1.29 is 9.53 Å². The molecule has 0 saturated carbocycles. The highest BCUT2D eigenvalue weighted by Gasteiger charge is 2.19. The number of nitrogens with zero attached hydrogens (tertiary/aromatic N) is 1. The van der Waals surface area contributed by atoms with Gasteiger partial charge in [-0.15, -0.1) is 12.4 Å². The van der Waals surface area contributed by atoms with Crippen molar-refractivity contribution in [2.75, 3.05) is 26.2 Å². The number of esters is 1. The van der Waals surface area contributed by atoms with E-state index in [9.17, 15) is 4.79 Å². The molecule has 0 aromatic heterocycles. The largest absolute Gasteiger partial charge is 0.464 e. The van der Waals surface area contributed by atoms with Crippen LogP contribution >= 0.6 is 12.4 Å². The lowest BCUT2D eigenvalue weighted by molar-refractivity contribution is -0.146. The van der Waals surface area contributed by atoms with Crippen LogP contribution in [0.15, 0.2) is 30.3 Å². The van der Waals surface area contributed by atoms with E-state index in [1.807, 2.05) is 37.3 Å². The third-order valence-corrected chi connectivity index (χ3v) is 3.44. The molecule has 0 fully saturated rings. The van der Waals surface area contributed by atoms with Crippen LogP contribution in [0.5, 0.6) is 0 Å². The maximum absolute atomic E-state index is 12.1. The van der Waals surface area contributed by atoms with Gasteiger partial charge < -0.3 is 9.64 Å². The van der Waals surface area contributed by atoms with Crippen molar-refractivity contribution >= 4 is 18.4 Å². The van der Waals surface area contributed by atoms with E-state index in [4.69, 9.17) is 4.74 Å². The van der Waals surface area contributed by atoms with Gasteiger partial charge >= 0.3 is 5.97 Å². The molecule has 1 atom stereocenters. The van der Waals surface area contributed by atoms with Gasteiger partial charge in [0.2, 0.25) is 0 Å². The van der Waals surface area contributed by atoms with Crippen molar-refractivity contribution in [1.29, 1.82) is 0 Å². The van der Waals surface area contributed by atoms with Crippen molar-refractivity contribution in [3.8, 4) is 0 Å². The first kappa shape index (κ1) is 18.9. The lowest BCUT2D eigenvalue weighted by Crippen LogP contribution is -2.28. The number of benzene rings is 1. The van der Waals surface area contributed by atoms with E-state index >= 15 is 0 Å². The molecule has 1 unspecified atom stereocenters. The van der Waals surface area contributed by atoms with Crippen LogP contribution in [0.4, 0.5) is 0 Å². The van der Waals surface area contributed by atoms with Crippen LogP contribution < -0.4 is 0 Å². The normalized spacial score (nSPS) is 11.8. The fraction of sp³-hybridized carbons (Fsp3) is 0.562. The Morgan fingerprint density at radius 3 is 2.25 bits per heavy atom. The van der Waals surface area contributed by atoms with E-state index in [1.54, 1.807) is 0 Å². The second-order valence-corrected chi connectivity index (χ2v) is 4.57. The highest BCUT2D eigenvalue weighted by molar-refractivity contribution is 5.85. The predicted molar refractivity (Wildman–Crippen MR) is 85.5 cm³/mol.